The summed E-state index contributed by atoms with van der Waals surface area (Å²) in [6, 6.07) is 10.9. The summed E-state index contributed by atoms with van der Waals surface area (Å²) < 4.78 is 12.7. The normalized spacial score (nSPS) is 11.5. The van der Waals surface area contributed by atoms with E-state index in [9.17, 15) is 4.79 Å². The van der Waals surface area contributed by atoms with Gasteiger partial charge >= 0.3 is 5.97 Å². The third kappa shape index (κ3) is 5.32. The molecule has 5 heteroatoms. The summed E-state index contributed by atoms with van der Waals surface area (Å²) in [7, 11) is 0. The van der Waals surface area contributed by atoms with Gasteiger partial charge in [-0.3, -0.25) is 0 Å². The molecule has 0 aliphatic heterocycles. The first-order valence-corrected chi connectivity index (χ1v) is 9.65. The number of benzene rings is 2. The minimum Gasteiger partial charge on any atom is -0.490 e. The molecule has 2 rings (SSSR count). The van der Waals surface area contributed by atoms with E-state index in [0.717, 1.165) is 14.5 Å². The summed E-state index contributed by atoms with van der Waals surface area (Å²) in [4.78, 5) is 12.4. The number of hydrogen-bond donors (Lipinski definition) is 0. The Kier molecular flexibility index (Phi) is 6.33. The van der Waals surface area contributed by atoms with E-state index in [4.69, 9.17) is 9.47 Å². The van der Waals surface area contributed by atoms with Gasteiger partial charge in [-0.2, -0.15) is 0 Å². The fourth-order valence-electron chi connectivity index (χ4n) is 2.19. The van der Waals surface area contributed by atoms with E-state index in [-0.39, 0.29) is 11.5 Å². The smallest absolute Gasteiger partial charge is 0.343 e. The zero-order valence-corrected chi connectivity index (χ0v) is 18.2. The van der Waals surface area contributed by atoms with Gasteiger partial charge in [0.2, 0.25) is 0 Å². The summed E-state index contributed by atoms with van der Waals surface area (Å²) in [6.07, 6.45) is 0.0615. The van der Waals surface area contributed by atoms with Gasteiger partial charge < -0.3 is 9.47 Å². The SMILES string of the molecule is CC(C)Oc1ccc(C(=O)Oc2ccc(C(C)(C)C)cc2Br)cc1Br. The molecule has 0 atom stereocenters. The van der Waals surface area contributed by atoms with Crippen molar-refractivity contribution in [2.75, 3.05) is 0 Å². The lowest BCUT2D eigenvalue weighted by molar-refractivity contribution is 0.0733. The van der Waals surface area contributed by atoms with Crippen LogP contribution in [0.4, 0.5) is 0 Å². The molecule has 0 aliphatic rings. The van der Waals surface area contributed by atoms with Crippen LogP contribution in [0.3, 0.4) is 0 Å². The van der Waals surface area contributed by atoms with Crippen LogP contribution in [0.1, 0.15) is 50.5 Å². The maximum atomic E-state index is 12.4. The van der Waals surface area contributed by atoms with Gasteiger partial charge in [0.05, 0.1) is 20.6 Å². The number of carbonyl (C=O) groups is 1. The molecule has 0 aliphatic carbocycles. The maximum Gasteiger partial charge on any atom is 0.343 e. The van der Waals surface area contributed by atoms with Crippen LogP contribution >= 0.6 is 31.9 Å². The Morgan fingerprint density at radius 3 is 2.08 bits per heavy atom. The molecule has 0 heterocycles. The second-order valence-corrected chi connectivity index (χ2v) is 8.81. The number of carbonyl (C=O) groups excluding carboxylic acids is 1. The second kappa shape index (κ2) is 7.92. The van der Waals surface area contributed by atoms with Crippen LogP contribution in [0, 0.1) is 0 Å². The van der Waals surface area contributed by atoms with Crippen LogP contribution in [0.5, 0.6) is 11.5 Å². The number of rotatable bonds is 4. The Balaban J connectivity index is 2.18. The first kappa shape index (κ1) is 20.0. The van der Waals surface area contributed by atoms with Crippen molar-refractivity contribution in [1.82, 2.24) is 0 Å². The van der Waals surface area contributed by atoms with Crippen LogP contribution in [0.25, 0.3) is 0 Å². The van der Waals surface area contributed by atoms with Crippen molar-refractivity contribution in [3.05, 3.63) is 56.5 Å². The third-order valence-electron chi connectivity index (χ3n) is 3.53. The molecule has 0 saturated heterocycles. The van der Waals surface area contributed by atoms with Crippen LogP contribution in [0.15, 0.2) is 45.3 Å². The Hall–Kier alpha value is -1.33. The first-order valence-electron chi connectivity index (χ1n) is 8.06. The largest absolute Gasteiger partial charge is 0.490 e. The van der Waals surface area contributed by atoms with Gasteiger partial charge in [-0.25, -0.2) is 4.79 Å². The van der Waals surface area contributed by atoms with Crippen molar-refractivity contribution < 1.29 is 14.3 Å². The van der Waals surface area contributed by atoms with Crippen molar-refractivity contribution in [2.24, 2.45) is 0 Å². The standard InChI is InChI=1S/C20H22Br2O3/c1-12(2)24-17-8-6-13(10-15(17)21)19(23)25-18-9-7-14(11-16(18)22)20(3,4)5/h6-12H,1-5H3. The van der Waals surface area contributed by atoms with Crippen LogP contribution in [0.2, 0.25) is 0 Å². The van der Waals surface area contributed by atoms with E-state index < -0.39 is 5.97 Å². The van der Waals surface area contributed by atoms with Crippen LogP contribution < -0.4 is 9.47 Å². The summed E-state index contributed by atoms with van der Waals surface area (Å²) >= 11 is 6.92. The fourth-order valence-corrected chi connectivity index (χ4v) is 3.12. The molecule has 0 radical (unpaired) electrons. The van der Waals surface area contributed by atoms with E-state index in [1.807, 2.05) is 32.0 Å². The lowest BCUT2D eigenvalue weighted by atomic mass is 9.87. The van der Waals surface area contributed by atoms with Gasteiger partial charge in [-0.05, 0) is 87.0 Å². The molecule has 0 aromatic heterocycles. The van der Waals surface area contributed by atoms with Crippen molar-refractivity contribution in [3.8, 4) is 11.5 Å². The Morgan fingerprint density at radius 1 is 0.960 bits per heavy atom. The van der Waals surface area contributed by atoms with Crippen molar-refractivity contribution >= 4 is 37.8 Å². The molecule has 0 amide bonds. The minimum atomic E-state index is -0.416. The quantitative estimate of drug-likeness (QED) is 0.377. The van der Waals surface area contributed by atoms with E-state index >= 15 is 0 Å². The molecule has 134 valence electrons. The molecule has 0 bridgehead atoms. The molecule has 0 spiro atoms. The van der Waals surface area contributed by atoms with Gasteiger partial charge in [0.1, 0.15) is 11.5 Å². The molecular weight excluding hydrogens is 448 g/mol. The summed E-state index contributed by atoms with van der Waals surface area (Å²) in [5, 5.41) is 0. The average Bonchev–Trinajstić information content (AvgIpc) is 2.49. The molecule has 0 N–H and O–H groups in total. The van der Waals surface area contributed by atoms with Gasteiger partial charge in [0, 0.05) is 0 Å². The summed E-state index contributed by atoms with van der Waals surface area (Å²) in [6.45, 7) is 10.3. The second-order valence-electron chi connectivity index (χ2n) is 7.10. The molecule has 25 heavy (non-hydrogen) atoms. The van der Waals surface area contributed by atoms with E-state index in [2.05, 4.69) is 52.6 Å². The summed E-state index contributed by atoms with van der Waals surface area (Å²) in [5.74, 6) is 0.778. The average molecular weight is 470 g/mol. The predicted molar refractivity (Wildman–Crippen MR) is 108 cm³/mol. The van der Waals surface area contributed by atoms with Crippen LogP contribution in [-0.4, -0.2) is 12.1 Å². The van der Waals surface area contributed by atoms with E-state index in [1.165, 1.54) is 0 Å². The molecule has 3 nitrogen and oxygen atoms in total. The minimum absolute atomic E-state index is 0.0299. The number of esters is 1. The molecule has 2 aromatic carbocycles. The Bertz CT molecular complexity index is 777. The van der Waals surface area contributed by atoms with E-state index in [1.54, 1.807) is 18.2 Å². The van der Waals surface area contributed by atoms with Crippen molar-refractivity contribution in [3.63, 3.8) is 0 Å². The molecule has 0 fully saturated rings. The highest BCUT2D eigenvalue weighted by molar-refractivity contribution is 9.10. The maximum absolute atomic E-state index is 12.4. The zero-order chi connectivity index (χ0) is 18.8. The van der Waals surface area contributed by atoms with Crippen molar-refractivity contribution in [2.45, 2.75) is 46.1 Å². The molecular formula is C20H22Br2O3. The predicted octanol–water partition coefficient (Wildman–Crippen LogP) is 6.52. The highest BCUT2D eigenvalue weighted by Crippen LogP contribution is 2.32. The Morgan fingerprint density at radius 2 is 1.56 bits per heavy atom. The van der Waals surface area contributed by atoms with Crippen LogP contribution in [-0.2, 0) is 5.41 Å². The molecule has 0 saturated carbocycles. The lowest BCUT2D eigenvalue weighted by Gasteiger charge is -2.20. The number of ether oxygens (including phenoxy) is 2. The van der Waals surface area contributed by atoms with Crippen molar-refractivity contribution in [1.29, 1.82) is 0 Å². The van der Waals surface area contributed by atoms with Gasteiger partial charge in [0.15, 0.2) is 0 Å². The molecule has 0 unspecified atom stereocenters. The monoisotopic (exact) mass is 468 g/mol. The van der Waals surface area contributed by atoms with Gasteiger partial charge in [0.25, 0.3) is 0 Å². The summed E-state index contributed by atoms with van der Waals surface area (Å²) in [5.41, 5.74) is 1.65. The van der Waals surface area contributed by atoms with E-state index in [0.29, 0.717) is 17.1 Å². The Labute approximate surface area is 166 Å². The number of hydrogen-bond acceptors (Lipinski definition) is 3. The topological polar surface area (TPSA) is 35.5 Å². The highest BCUT2D eigenvalue weighted by Gasteiger charge is 2.17. The van der Waals surface area contributed by atoms with Gasteiger partial charge in [-0.15, -0.1) is 0 Å². The third-order valence-corrected chi connectivity index (χ3v) is 4.77. The fraction of sp³-hybridized carbons (Fsp3) is 0.350. The zero-order valence-electron chi connectivity index (χ0n) is 15.0. The number of halogens is 2. The molecule has 2 aromatic rings. The first-order chi connectivity index (χ1) is 11.6. The van der Waals surface area contributed by atoms with Gasteiger partial charge in [-0.1, -0.05) is 26.8 Å². The highest BCUT2D eigenvalue weighted by atomic mass is 79.9. The lowest BCUT2D eigenvalue weighted by Crippen LogP contribution is -2.12.